The van der Waals surface area contributed by atoms with Crippen LogP contribution in [0.3, 0.4) is 0 Å². The molecular weight excluding hydrogens is 1310 g/mol. The lowest BCUT2D eigenvalue weighted by Gasteiger charge is -2.21. The van der Waals surface area contributed by atoms with Gasteiger partial charge in [0.05, 0.1) is 26.4 Å². The number of esters is 4. The van der Waals surface area contributed by atoms with Gasteiger partial charge in [-0.15, -0.1) is 0 Å². The lowest BCUT2D eigenvalue weighted by atomic mass is 9.99. The number of phosphoric acid groups is 2. The summed E-state index contributed by atoms with van der Waals surface area (Å²) in [6, 6.07) is 0. The fourth-order valence-corrected chi connectivity index (χ4v) is 14.0. The number of phosphoric ester groups is 2. The number of carbonyl (C=O) groups is 4. The average molecular weight is 1470 g/mol. The summed E-state index contributed by atoms with van der Waals surface area (Å²) in [6.07, 6.45) is 57.1. The predicted molar refractivity (Wildman–Crippen MR) is 409 cm³/mol. The van der Waals surface area contributed by atoms with Crippen LogP contribution in [0.25, 0.3) is 0 Å². The Balaban J connectivity index is 5.17. The van der Waals surface area contributed by atoms with Crippen molar-refractivity contribution in [3.63, 3.8) is 0 Å². The third-order valence-corrected chi connectivity index (χ3v) is 21.1. The summed E-state index contributed by atoms with van der Waals surface area (Å²) < 4.78 is 68.7. The van der Waals surface area contributed by atoms with Crippen LogP contribution in [-0.4, -0.2) is 96.7 Å². The summed E-state index contributed by atoms with van der Waals surface area (Å²) in [5, 5.41) is 10.6. The molecule has 0 rings (SSSR count). The topological polar surface area (TPSA) is 237 Å². The van der Waals surface area contributed by atoms with E-state index in [0.717, 1.165) is 114 Å². The van der Waals surface area contributed by atoms with Gasteiger partial charge in [-0.2, -0.15) is 0 Å². The van der Waals surface area contributed by atoms with Gasteiger partial charge in [-0.1, -0.05) is 364 Å². The zero-order valence-electron chi connectivity index (χ0n) is 65.8. The third-order valence-electron chi connectivity index (χ3n) is 19.2. The zero-order chi connectivity index (χ0) is 73.8. The molecule has 0 aromatic carbocycles. The average Bonchev–Trinajstić information content (AvgIpc) is 0.941. The van der Waals surface area contributed by atoms with E-state index in [9.17, 15) is 43.2 Å². The Hall–Kier alpha value is -1.94. The van der Waals surface area contributed by atoms with Crippen molar-refractivity contribution in [1.82, 2.24) is 0 Å². The summed E-state index contributed by atoms with van der Waals surface area (Å²) in [4.78, 5) is 73.0. The lowest BCUT2D eigenvalue weighted by Crippen LogP contribution is -2.30. The van der Waals surface area contributed by atoms with Gasteiger partial charge in [-0.05, 0) is 49.4 Å². The SMILES string of the molecule is CCC(C)CCCCCCCCCCCCCCCCCCCCC(=O)OC[C@H](COP(=O)(O)OCC(O)COP(=O)(O)OC[C@@H](COC(=O)CCCCCCCCCC(C)C)OC(=O)CCCCCCCCCCCCCCCC(C)C)OC(=O)CCCCCCCCCCCC(C)C. The maximum absolute atomic E-state index is 13.1. The molecule has 0 aliphatic carbocycles. The second-order valence-corrected chi connectivity index (χ2v) is 33.7. The Morgan fingerprint density at radius 1 is 0.280 bits per heavy atom. The molecule has 594 valence electrons. The molecule has 0 saturated heterocycles. The summed E-state index contributed by atoms with van der Waals surface area (Å²) >= 11 is 0. The van der Waals surface area contributed by atoms with Crippen molar-refractivity contribution in [2.45, 2.75) is 433 Å². The number of unbranched alkanes of at least 4 members (excludes halogenated alkanes) is 43. The van der Waals surface area contributed by atoms with Gasteiger partial charge in [0.25, 0.3) is 0 Å². The summed E-state index contributed by atoms with van der Waals surface area (Å²) in [7, 11) is -9.92. The molecule has 0 bridgehead atoms. The van der Waals surface area contributed by atoms with Crippen LogP contribution < -0.4 is 0 Å². The Bertz CT molecular complexity index is 1960. The molecule has 0 aliphatic rings. The standard InChI is InChI=1S/C81H158O17P2/c1-9-74(8)60-52-44-36-28-22-18-14-12-10-11-13-15-19-23-29-37-45-53-61-78(83)91-67-76(98-81(86)64-56-48-39-31-25-27-34-42-50-58-72(4)5)69-95-99(87,88)93-65-75(82)66-94-100(89,90)96-70-77(68-92-79(84)62-54-46-40-32-35-43-51-59-73(6)7)97-80(85)63-55-47-38-30-24-20-16-17-21-26-33-41-49-57-71(2)3/h71-77,82H,9-70H2,1-8H3,(H,87,88)(H,89,90)/t74?,75?,76-,77-/m1/s1. The number of carbonyl (C=O) groups excluding carboxylic acids is 4. The van der Waals surface area contributed by atoms with Crippen molar-refractivity contribution in [3.8, 4) is 0 Å². The minimum absolute atomic E-state index is 0.105. The van der Waals surface area contributed by atoms with Crippen LogP contribution in [0.15, 0.2) is 0 Å². The van der Waals surface area contributed by atoms with Gasteiger partial charge in [0.2, 0.25) is 0 Å². The normalized spacial score (nSPS) is 14.3. The van der Waals surface area contributed by atoms with Crippen LogP contribution in [0.2, 0.25) is 0 Å². The van der Waals surface area contributed by atoms with Crippen LogP contribution in [0.1, 0.15) is 415 Å². The van der Waals surface area contributed by atoms with Crippen molar-refractivity contribution >= 4 is 39.5 Å². The predicted octanol–water partition coefficient (Wildman–Crippen LogP) is 24.0. The summed E-state index contributed by atoms with van der Waals surface area (Å²) in [5.74, 6) is 0.985. The van der Waals surface area contributed by atoms with Crippen molar-refractivity contribution in [2.75, 3.05) is 39.6 Å². The van der Waals surface area contributed by atoms with Crippen LogP contribution in [0, 0.1) is 23.7 Å². The van der Waals surface area contributed by atoms with Crippen molar-refractivity contribution in [3.05, 3.63) is 0 Å². The first kappa shape index (κ1) is 98.1. The van der Waals surface area contributed by atoms with Gasteiger partial charge in [0.1, 0.15) is 19.3 Å². The van der Waals surface area contributed by atoms with E-state index < -0.39 is 97.5 Å². The third kappa shape index (κ3) is 73.0. The van der Waals surface area contributed by atoms with E-state index in [0.29, 0.717) is 31.6 Å². The van der Waals surface area contributed by atoms with E-state index in [1.54, 1.807) is 0 Å². The smallest absolute Gasteiger partial charge is 0.462 e. The minimum atomic E-state index is -4.96. The van der Waals surface area contributed by atoms with Crippen molar-refractivity contribution in [1.29, 1.82) is 0 Å². The Morgan fingerprint density at radius 3 is 0.710 bits per heavy atom. The fraction of sp³-hybridized carbons (Fsp3) is 0.951. The number of rotatable bonds is 78. The highest BCUT2D eigenvalue weighted by Gasteiger charge is 2.30. The summed E-state index contributed by atoms with van der Waals surface area (Å²) in [6.45, 7) is 14.2. The molecule has 3 N–H and O–H groups in total. The van der Waals surface area contributed by atoms with Crippen LogP contribution in [0.4, 0.5) is 0 Å². The molecule has 0 spiro atoms. The zero-order valence-corrected chi connectivity index (χ0v) is 67.6. The number of aliphatic hydroxyl groups is 1. The molecule has 6 atom stereocenters. The molecular formula is C81H158O17P2. The molecule has 0 aliphatic heterocycles. The minimum Gasteiger partial charge on any atom is -0.462 e. The monoisotopic (exact) mass is 1470 g/mol. The first-order chi connectivity index (χ1) is 48.1. The number of aliphatic hydroxyl groups excluding tert-OH is 1. The maximum Gasteiger partial charge on any atom is 0.472 e. The molecule has 17 nitrogen and oxygen atoms in total. The fourth-order valence-electron chi connectivity index (χ4n) is 12.4. The number of hydrogen-bond donors (Lipinski definition) is 3. The van der Waals surface area contributed by atoms with Gasteiger partial charge < -0.3 is 33.8 Å². The van der Waals surface area contributed by atoms with Gasteiger partial charge >= 0.3 is 39.5 Å². The first-order valence-electron chi connectivity index (χ1n) is 41.7. The first-order valence-corrected chi connectivity index (χ1v) is 44.7. The summed E-state index contributed by atoms with van der Waals surface area (Å²) in [5.41, 5.74) is 0. The van der Waals surface area contributed by atoms with Crippen LogP contribution in [-0.2, 0) is 65.4 Å². The quantitative estimate of drug-likeness (QED) is 0.0222. The second kappa shape index (κ2) is 70.1. The Kier molecular flexibility index (Phi) is 68.7. The molecule has 0 aromatic heterocycles. The van der Waals surface area contributed by atoms with Gasteiger partial charge in [-0.3, -0.25) is 37.3 Å². The maximum atomic E-state index is 13.1. The number of ether oxygens (including phenoxy) is 4. The van der Waals surface area contributed by atoms with Gasteiger partial charge in [0.15, 0.2) is 12.2 Å². The number of hydrogen-bond acceptors (Lipinski definition) is 15. The molecule has 0 amide bonds. The Labute approximate surface area is 613 Å². The van der Waals surface area contributed by atoms with E-state index in [1.165, 1.54) is 212 Å². The molecule has 0 saturated carbocycles. The van der Waals surface area contributed by atoms with Crippen molar-refractivity contribution < 1.29 is 80.2 Å². The van der Waals surface area contributed by atoms with Gasteiger partial charge in [-0.25, -0.2) is 9.13 Å². The van der Waals surface area contributed by atoms with E-state index in [4.69, 9.17) is 37.0 Å². The highest BCUT2D eigenvalue weighted by Crippen LogP contribution is 2.45. The van der Waals surface area contributed by atoms with E-state index in [2.05, 4.69) is 55.4 Å². The van der Waals surface area contributed by atoms with E-state index in [-0.39, 0.29) is 25.7 Å². The Morgan fingerprint density at radius 2 is 0.480 bits per heavy atom. The van der Waals surface area contributed by atoms with E-state index in [1.807, 2.05) is 0 Å². The lowest BCUT2D eigenvalue weighted by molar-refractivity contribution is -0.161. The molecule has 0 radical (unpaired) electrons. The van der Waals surface area contributed by atoms with Crippen molar-refractivity contribution in [2.24, 2.45) is 23.7 Å². The molecule has 100 heavy (non-hydrogen) atoms. The molecule has 4 unspecified atom stereocenters. The second-order valence-electron chi connectivity index (χ2n) is 30.8. The largest absolute Gasteiger partial charge is 0.472 e. The molecule has 0 fully saturated rings. The molecule has 0 aromatic rings. The highest BCUT2D eigenvalue weighted by atomic mass is 31.2. The highest BCUT2D eigenvalue weighted by molar-refractivity contribution is 7.47. The molecule has 0 heterocycles. The van der Waals surface area contributed by atoms with E-state index >= 15 is 0 Å². The van der Waals surface area contributed by atoms with Crippen LogP contribution >= 0.6 is 15.6 Å². The van der Waals surface area contributed by atoms with Crippen LogP contribution in [0.5, 0.6) is 0 Å². The molecule has 19 heteroatoms. The van der Waals surface area contributed by atoms with Gasteiger partial charge in [0, 0.05) is 25.7 Å².